The summed E-state index contributed by atoms with van der Waals surface area (Å²) >= 11 is 1.45. The SMILES string of the molecule is CCOc1ccc(OCC(=O)Nc2ccsc2-c2nc(C3CC3)no2)cc1. The monoisotopic (exact) mass is 385 g/mol. The Morgan fingerprint density at radius 3 is 2.67 bits per heavy atom. The van der Waals surface area contributed by atoms with Gasteiger partial charge in [0.25, 0.3) is 11.8 Å². The van der Waals surface area contributed by atoms with E-state index in [-0.39, 0.29) is 12.5 Å². The van der Waals surface area contributed by atoms with E-state index in [0.29, 0.717) is 29.9 Å². The molecule has 0 atom stereocenters. The molecule has 0 radical (unpaired) electrons. The fourth-order valence-corrected chi connectivity index (χ4v) is 3.31. The number of aromatic nitrogens is 2. The summed E-state index contributed by atoms with van der Waals surface area (Å²) in [6, 6.07) is 8.97. The first-order chi connectivity index (χ1) is 13.2. The number of carbonyl (C=O) groups is 1. The average Bonchev–Trinajstić information content (AvgIpc) is 3.23. The molecule has 4 rings (SSSR count). The molecule has 2 heterocycles. The first-order valence-corrected chi connectivity index (χ1v) is 9.68. The van der Waals surface area contributed by atoms with Gasteiger partial charge in [-0.2, -0.15) is 4.98 Å². The standard InChI is InChI=1S/C19H19N3O4S/c1-2-24-13-5-7-14(8-6-13)25-11-16(23)20-15-9-10-27-17(15)19-21-18(22-26-19)12-3-4-12/h5-10,12H,2-4,11H2,1H3,(H,20,23). The molecule has 1 aromatic carbocycles. The summed E-state index contributed by atoms with van der Waals surface area (Å²) in [7, 11) is 0. The summed E-state index contributed by atoms with van der Waals surface area (Å²) in [5, 5.41) is 8.74. The van der Waals surface area contributed by atoms with Crippen molar-refractivity contribution in [2.75, 3.05) is 18.5 Å². The van der Waals surface area contributed by atoms with Crippen molar-refractivity contribution < 1.29 is 18.8 Å². The summed E-state index contributed by atoms with van der Waals surface area (Å²) in [5.41, 5.74) is 0.645. The number of amides is 1. The number of thiophene rings is 1. The molecule has 0 unspecified atom stereocenters. The smallest absolute Gasteiger partial charge is 0.270 e. The van der Waals surface area contributed by atoms with Crippen LogP contribution in [0.3, 0.4) is 0 Å². The Bertz CT molecular complexity index is 915. The summed E-state index contributed by atoms with van der Waals surface area (Å²) in [6.45, 7) is 2.43. The molecule has 0 aliphatic heterocycles. The Balaban J connectivity index is 1.35. The van der Waals surface area contributed by atoms with E-state index < -0.39 is 0 Å². The van der Waals surface area contributed by atoms with Crippen molar-refractivity contribution in [3.8, 4) is 22.3 Å². The fourth-order valence-electron chi connectivity index (χ4n) is 2.54. The molecule has 0 bridgehead atoms. The minimum atomic E-state index is -0.259. The van der Waals surface area contributed by atoms with Gasteiger partial charge in [-0.15, -0.1) is 11.3 Å². The molecule has 8 heteroatoms. The molecule has 27 heavy (non-hydrogen) atoms. The van der Waals surface area contributed by atoms with Crippen molar-refractivity contribution in [1.82, 2.24) is 10.1 Å². The lowest BCUT2D eigenvalue weighted by molar-refractivity contribution is -0.118. The maximum atomic E-state index is 12.2. The molecule has 1 aliphatic rings. The van der Waals surface area contributed by atoms with E-state index in [1.807, 2.05) is 18.4 Å². The van der Waals surface area contributed by atoms with Crippen LogP contribution in [0.25, 0.3) is 10.8 Å². The number of rotatable bonds is 8. The van der Waals surface area contributed by atoms with E-state index in [2.05, 4.69) is 15.5 Å². The molecule has 7 nitrogen and oxygen atoms in total. The lowest BCUT2D eigenvalue weighted by Crippen LogP contribution is -2.20. The number of carbonyl (C=O) groups excluding carboxylic acids is 1. The van der Waals surface area contributed by atoms with Crippen LogP contribution in [0.2, 0.25) is 0 Å². The summed E-state index contributed by atoms with van der Waals surface area (Å²) in [4.78, 5) is 17.4. The Hall–Kier alpha value is -2.87. The van der Waals surface area contributed by atoms with Crippen molar-refractivity contribution in [2.24, 2.45) is 0 Å². The summed E-state index contributed by atoms with van der Waals surface area (Å²) in [6.07, 6.45) is 2.21. The Kier molecular flexibility index (Phi) is 5.06. The van der Waals surface area contributed by atoms with Crippen molar-refractivity contribution in [2.45, 2.75) is 25.7 Å². The topological polar surface area (TPSA) is 86.5 Å². The normalized spacial score (nSPS) is 13.4. The Morgan fingerprint density at radius 1 is 1.22 bits per heavy atom. The molecule has 1 N–H and O–H groups in total. The van der Waals surface area contributed by atoms with Crippen molar-refractivity contribution in [1.29, 1.82) is 0 Å². The zero-order valence-corrected chi connectivity index (χ0v) is 15.6. The number of hydrogen-bond acceptors (Lipinski definition) is 7. The first kappa shape index (κ1) is 17.5. The predicted octanol–water partition coefficient (Wildman–Crippen LogP) is 4.09. The van der Waals surface area contributed by atoms with Crippen molar-refractivity contribution in [3.63, 3.8) is 0 Å². The molecule has 1 fully saturated rings. The number of ether oxygens (including phenoxy) is 2. The Labute approximate surface area is 160 Å². The van der Waals surface area contributed by atoms with Crippen molar-refractivity contribution >= 4 is 22.9 Å². The third kappa shape index (κ3) is 4.28. The highest BCUT2D eigenvalue weighted by Gasteiger charge is 2.29. The molecular formula is C19H19N3O4S. The van der Waals surface area contributed by atoms with Gasteiger partial charge in [-0.3, -0.25) is 4.79 Å². The van der Waals surface area contributed by atoms with Crippen LogP contribution in [0.15, 0.2) is 40.2 Å². The highest BCUT2D eigenvalue weighted by atomic mass is 32.1. The number of benzene rings is 1. The van der Waals surface area contributed by atoms with Gasteiger partial charge >= 0.3 is 0 Å². The third-order valence-corrected chi connectivity index (χ3v) is 4.92. The number of hydrogen-bond donors (Lipinski definition) is 1. The zero-order chi connectivity index (χ0) is 18.6. The van der Waals surface area contributed by atoms with Gasteiger partial charge < -0.3 is 19.3 Å². The van der Waals surface area contributed by atoms with Crippen LogP contribution < -0.4 is 14.8 Å². The van der Waals surface area contributed by atoms with E-state index in [1.165, 1.54) is 11.3 Å². The van der Waals surface area contributed by atoms with E-state index in [4.69, 9.17) is 14.0 Å². The quantitative estimate of drug-likeness (QED) is 0.628. The second-order valence-electron chi connectivity index (χ2n) is 6.14. The van der Waals surface area contributed by atoms with Gasteiger partial charge in [-0.05, 0) is 55.5 Å². The molecular weight excluding hydrogens is 366 g/mol. The van der Waals surface area contributed by atoms with Crippen LogP contribution in [0.5, 0.6) is 11.5 Å². The van der Waals surface area contributed by atoms with Gasteiger partial charge in [-0.25, -0.2) is 0 Å². The lowest BCUT2D eigenvalue weighted by Gasteiger charge is -2.08. The third-order valence-electron chi connectivity index (χ3n) is 4.02. The zero-order valence-electron chi connectivity index (χ0n) is 14.8. The molecule has 2 aromatic heterocycles. The van der Waals surface area contributed by atoms with E-state index >= 15 is 0 Å². The van der Waals surface area contributed by atoms with E-state index in [9.17, 15) is 4.79 Å². The van der Waals surface area contributed by atoms with Gasteiger partial charge in [0.1, 0.15) is 16.4 Å². The van der Waals surface area contributed by atoms with Crippen LogP contribution in [-0.4, -0.2) is 29.3 Å². The molecule has 0 spiro atoms. The maximum absolute atomic E-state index is 12.2. The Morgan fingerprint density at radius 2 is 1.96 bits per heavy atom. The number of anilines is 1. The minimum Gasteiger partial charge on any atom is -0.494 e. The second kappa shape index (κ2) is 7.79. The van der Waals surface area contributed by atoms with Gasteiger partial charge in [0.15, 0.2) is 12.4 Å². The molecule has 1 aliphatic carbocycles. The van der Waals surface area contributed by atoms with Crippen LogP contribution >= 0.6 is 11.3 Å². The van der Waals surface area contributed by atoms with Gasteiger partial charge in [0, 0.05) is 5.92 Å². The fraction of sp³-hybridized carbons (Fsp3) is 0.316. The molecule has 0 saturated heterocycles. The van der Waals surface area contributed by atoms with E-state index in [0.717, 1.165) is 29.3 Å². The van der Waals surface area contributed by atoms with Gasteiger partial charge in [0.2, 0.25) is 0 Å². The summed E-state index contributed by atoms with van der Waals surface area (Å²) in [5.74, 6) is 2.71. The summed E-state index contributed by atoms with van der Waals surface area (Å²) < 4.78 is 16.2. The van der Waals surface area contributed by atoms with Crippen LogP contribution in [0.1, 0.15) is 31.5 Å². The lowest BCUT2D eigenvalue weighted by atomic mass is 10.3. The van der Waals surface area contributed by atoms with Gasteiger partial charge in [-0.1, -0.05) is 5.16 Å². The van der Waals surface area contributed by atoms with Crippen LogP contribution in [0, 0.1) is 0 Å². The minimum absolute atomic E-state index is 0.0968. The number of nitrogens with zero attached hydrogens (tertiary/aromatic N) is 2. The second-order valence-corrected chi connectivity index (χ2v) is 7.05. The molecule has 3 aromatic rings. The highest BCUT2D eigenvalue weighted by Crippen LogP contribution is 2.40. The van der Waals surface area contributed by atoms with Crippen LogP contribution in [-0.2, 0) is 4.79 Å². The van der Waals surface area contributed by atoms with E-state index in [1.54, 1.807) is 24.3 Å². The molecule has 1 saturated carbocycles. The molecule has 140 valence electrons. The van der Waals surface area contributed by atoms with Gasteiger partial charge in [0.05, 0.1) is 12.3 Å². The molecule has 1 amide bonds. The highest BCUT2D eigenvalue weighted by molar-refractivity contribution is 7.14. The number of nitrogens with one attached hydrogen (secondary N) is 1. The average molecular weight is 385 g/mol. The largest absolute Gasteiger partial charge is 0.494 e. The van der Waals surface area contributed by atoms with Crippen LogP contribution in [0.4, 0.5) is 5.69 Å². The predicted molar refractivity (Wildman–Crippen MR) is 101 cm³/mol. The maximum Gasteiger partial charge on any atom is 0.270 e. The van der Waals surface area contributed by atoms with Crippen molar-refractivity contribution in [3.05, 3.63) is 41.5 Å². The first-order valence-electron chi connectivity index (χ1n) is 8.80.